The maximum atomic E-state index is 4.22. The van der Waals surface area contributed by atoms with Crippen LogP contribution < -0.4 is 5.32 Å². The van der Waals surface area contributed by atoms with Gasteiger partial charge in [0.2, 0.25) is 0 Å². The molecule has 1 aliphatic heterocycles. The standard InChI is InChI=1S/C14H14N2S/c1-9-3-5-11-13(7-9)17-14-8-10(15-2)4-6-12(14)16-11/h3-8,12,16H,1-2H3. The first-order chi connectivity index (χ1) is 8.26. The van der Waals surface area contributed by atoms with Gasteiger partial charge in [0.15, 0.2) is 0 Å². The highest BCUT2D eigenvalue weighted by Gasteiger charge is 2.23. The van der Waals surface area contributed by atoms with E-state index in [1.807, 2.05) is 18.8 Å². The summed E-state index contributed by atoms with van der Waals surface area (Å²) in [5, 5.41) is 3.54. The van der Waals surface area contributed by atoms with Crippen LogP contribution >= 0.6 is 11.8 Å². The molecule has 1 unspecified atom stereocenters. The second kappa shape index (κ2) is 4.08. The van der Waals surface area contributed by atoms with Crippen molar-refractivity contribution in [2.75, 3.05) is 12.4 Å². The van der Waals surface area contributed by atoms with E-state index in [4.69, 9.17) is 0 Å². The Morgan fingerprint density at radius 1 is 1.35 bits per heavy atom. The van der Waals surface area contributed by atoms with Crippen LogP contribution in [-0.2, 0) is 0 Å². The number of anilines is 1. The Bertz CT molecular complexity index is 555. The molecule has 1 heterocycles. The Hall–Kier alpha value is -1.48. The number of allylic oxidation sites excluding steroid dienone is 2. The van der Waals surface area contributed by atoms with Crippen molar-refractivity contribution in [2.45, 2.75) is 17.9 Å². The van der Waals surface area contributed by atoms with Gasteiger partial charge in [-0.2, -0.15) is 0 Å². The van der Waals surface area contributed by atoms with Crippen LogP contribution in [-0.4, -0.2) is 18.8 Å². The summed E-state index contributed by atoms with van der Waals surface area (Å²) in [6, 6.07) is 6.84. The summed E-state index contributed by atoms with van der Waals surface area (Å²) in [5.41, 5.74) is 3.57. The van der Waals surface area contributed by atoms with E-state index in [0.29, 0.717) is 6.04 Å². The second-order valence-electron chi connectivity index (χ2n) is 4.28. The van der Waals surface area contributed by atoms with Gasteiger partial charge in [0.05, 0.1) is 11.8 Å². The quantitative estimate of drug-likeness (QED) is 0.754. The molecule has 1 aromatic carbocycles. The van der Waals surface area contributed by atoms with Crippen molar-refractivity contribution in [2.24, 2.45) is 4.99 Å². The van der Waals surface area contributed by atoms with Gasteiger partial charge in [-0.25, -0.2) is 0 Å². The third-order valence-corrected chi connectivity index (χ3v) is 4.16. The first kappa shape index (κ1) is 10.7. The van der Waals surface area contributed by atoms with Gasteiger partial charge in [-0.05, 0) is 36.8 Å². The molecule has 1 atom stereocenters. The fourth-order valence-corrected chi connectivity index (χ4v) is 3.23. The monoisotopic (exact) mass is 242 g/mol. The Morgan fingerprint density at radius 2 is 2.24 bits per heavy atom. The molecule has 0 aromatic heterocycles. The average molecular weight is 242 g/mol. The largest absolute Gasteiger partial charge is 0.373 e. The normalized spacial score (nSPS) is 23.8. The lowest BCUT2D eigenvalue weighted by Crippen LogP contribution is -2.25. The van der Waals surface area contributed by atoms with Gasteiger partial charge in [0, 0.05) is 22.5 Å². The Balaban J connectivity index is 2.01. The number of fused-ring (bicyclic) bond motifs is 2. The van der Waals surface area contributed by atoms with Crippen LogP contribution in [0.1, 0.15) is 5.56 Å². The summed E-state index contributed by atoms with van der Waals surface area (Å²) in [4.78, 5) is 6.85. The van der Waals surface area contributed by atoms with Crippen molar-refractivity contribution >= 4 is 23.2 Å². The molecule has 3 rings (SSSR count). The lowest BCUT2D eigenvalue weighted by molar-refractivity contribution is 1.05. The Morgan fingerprint density at radius 3 is 3.06 bits per heavy atom. The number of benzene rings is 1. The maximum absolute atomic E-state index is 4.22. The van der Waals surface area contributed by atoms with E-state index in [9.17, 15) is 0 Å². The van der Waals surface area contributed by atoms with Gasteiger partial charge in [-0.1, -0.05) is 23.9 Å². The molecular weight excluding hydrogens is 228 g/mol. The molecule has 0 radical (unpaired) electrons. The smallest absolute Gasteiger partial charge is 0.0765 e. The Kier molecular flexibility index (Phi) is 2.56. The summed E-state index contributed by atoms with van der Waals surface area (Å²) in [6.07, 6.45) is 6.40. The van der Waals surface area contributed by atoms with Gasteiger partial charge in [0.25, 0.3) is 0 Å². The van der Waals surface area contributed by atoms with Gasteiger partial charge >= 0.3 is 0 Å². The van der Waals surface area contributed by atoms with E-state index in [-0.39, 0.29) is 0 Å². The zero-order chi connectivity index (χ0) is 11.8. The highest BCUT2D eigenvalue weighted by atomic mass is 32.2. The van der Waals surface area contributed by atoms with Crippen molar-refractivity contribution in [1.82, 2.24) is 0 Å². The molecule has 1 aromatic rings. The predicted octanol–water partition coefficient (Wildman–Crippen LogP) is 3.41. The fourth-order valence-electron chi connectivity index (χ4n) is 2.05. The number of aliphatic imine (C=N–C) groups is 1. The molecule has 0 saturated heterocycles. The van der Waals surface area contributed by atoms with E-state index < -0.39 is 0 Å². The summed E-state index contributed by atoms with van der Waals surface area (Å²) < 4.78 is 0. The van der Waals surface area contributed by atoms with E-state index in [2.05, 4.69) is 53.7 Å². The number of thioether (sulfide) groups is 1. The average Bonchev–Trinajstić information content (AvgIpc) is 2.35. The lowest BCUT2D eigenvalue weighted by atomic mass is 10.1. The third kappa shape index (κ3) is 1.91. The summed E-state index contributed by atoms with van der Waals surface area (Å²) in [7, 11) is 1.83. The van der Waals surface area contributed by atoms with Crippen molar-refractivity contribution in [3.63, 3.8) is 0 Å². The number of rotatable bonds is 0. The summed E-state index contributed by atoms with van der Waals surface area (Å²) in [6.45, 7) is 2.13. The van der Waals surface area contributed by atoms with Crippen LogP contribution in [0, 0.1) is 6.92 Å². The molecule has 17 heavy (non-hydrogen) atoms. The molecule has 0 amide bonds. The minimum absolute atomic E-state index is 0.306. The first-order valence-corrected chi connectivity index (χ1v) is 6.49. The van der Waals surface area contributed by atoms with Crippen LogP contribution in [0.3, 0.4) is 0 Å². The highest BCUT2D eigenvalue weighted by Crippen LogP contribution is 2.42. The number of hydrogen-bond donors (Lipinski definition) is 1. The Labute approximate surface area is 106 Å². The van der Waals surface area contributed by atoms with E-state index in [1.165, 1.54) is 21.1 Å². The minimum Gasteiger partial charge on any atom is -0.373 e. The van der Waals surface area contributed by atoms with Crippen molar-refractivity contribution < 1.29 is 0 Å². The molecular formula is C14H14N2S. The molecule has 1 N–H and O–H groups in total. The molecule has 3 heteroatoms. The number of aryl methyl sites for hydroxylation is 1. The lowest BCUT2D eigenvalue weighted by Gasteiger charge is -2.29. The number of hydrogen-bond acceptors (Lipinski definition) is 3. The summed E-state index contributed by atoms with van der Waals surface area (Å²) >= 11 is 1.84. The zero-order valence-electron chi connectivity index (χ0n) is 9.90. The molecule has 86 valence electrons. The minimum atomic E-state index is 0.306. The van der Waals surface area contributed by atoms with E-state index >= 15 is 0 Å². The maximum Gasteiger partial charge on any atom is 0.0765 e. The van der Waals surface area contributed by atoms with Gasteiger partial charge < -0.3 is 5.32 Å². The van der Waals surface area contributed by atoms with E-state index in [0.717, 1.165) is 5.71 Å². The second-order valence-corrected chi connectivity index (χ2v) is 5.39. The SMILES string of the molecule is CN=C1C=CC2Nc3ccc(C)cc3SC2=C1. The van der Waals surface area contributed by atoms with Crippen LogP contribution in [0.5, 0.6) is 0 Å². The zero-order valence-corrected chi connectivity index (χ0v) is 10.7. The molecule has 0 spiro atoms. The van der Waals surface area contributed by atoms with E-state index in [1.54, 1.807) is 0 Å². The molecule has 0 saturated carbocycles. The fraction of sp³-hybridized carbons (Fsp3) is 0.214. The molecule has 0 fully saturated rings. The van der Waals surface area contributed by atoms with Gasteiger partial charge in [0.1, 0.15) is 0 Å². The molecule has 1 aliphatic carbocycles. The first-order valence-electron chi connectivity index (χ1n) is 5.68. The molecule has 2 nitrogen and oxygen atoms in total. The van der Waals surface area contributed by atoms with Crippen molar-refractivity contribution in [3.8, 4) is 0 Å². The topological polar surface area (TPSA) is 24.4 Å². The third-order valence-electron chi connectivity index (χ3n) is 2.99. The van der Waals surface area contributed by atoms with Crippen LogP contribution in [0.15, 0.2) is 51.2 Å². The highest BCUT2D eigenvalue weighted by molar-refractivity contribution is 8.03. The molecule has 0 bridgehead atoms. The van der Waals surface area contributed by atoms with Crippen molar-refractivity contribution in [3.05, 3.63) is 46.9 Å². The van der Waals surface area contributed by atoms with Gasteiger partial charge in [-0.3, -0.25) is 4.99 Å². The van der Waals surface area contributed by atoms with Crippen molar-refractivity contribution in [1.29, 1.82) is 0 Å². The van der Waals surface area contributed by atoms with Crippen LogP contribution in [0.2, 0.25) is 0 Å². The summed E-state index contributed by atoms with van der Waals surface area (Å²) in [5.74, 6) is 0. The molecule has 2 aliphatic rings. The predicted molar refractivity (Wildman–Crippen MR) is 75.0 cm³/mol. The number of nitrogens with zero attached hydrogens (tertiary/aromatic N) is 1. The number of nitrogens with one attached hydrogen (secondary N) is 1. The van der Waals surface area contributed by atoms with Crippen LogP contribution in [0.4, 0.5) is 5.69 Å². The van der Waals surface area contributed by atoms with Gasteiger partial charge in [-0.15, -0.1) is 0 Å². The van der Waals surface area contributed by atoms with Crippen LogP contribution in [0.25, 0.3) is 0 Å².